The van der Waals surface area contributed by atoms with Gasteiger partial charge in [-0.3, -0.25) is 4.79 Å². The molecule has 1 aromatic rings. The minimum Gasteiger partial charge on any atom is -0.339 e. The molecular formula is C25H40N4O. The van der Waals surface area contributed by atoms with E-state index in [1.54, 1.807) is 0 Å². The fraction of sp³-hybridized carbons (Fsp3) is 0.720. The van der Waals surface area contributed by atoms with Crippen molar-refractivity contribution in [1.29, 1.82) is 0 Å². The van der Waals surface area contributed by atoms with Gasteiger partial charge in [-0.25, -0.2) is 0 Å². The highest BCUT2D eigenvalue weighted by Crippen LogP contribution is 2.41. The molecular weight excluding hydrogens is 372 g/mol. The summed E-state index contributed by atoms with van der Waals surface area (Å²) < 4.78 is 0. The second-order valence-corrected chi connectivity index (χ2v) is 10.00. The van der Waals surface area contributed by atoms with Gasteiger partial charge in [-0.1, -0.05) is 32.0 Å². The predicted molar refractivity (Wildman–Crippen MR) is 123 cm³/mol. The molecule has 1 aliphatic carbocycles. The molecule has 1 amide bonds. The van der Waals surface area contributed by atoms with E-state index < -0.39 is 0 Å². The number of hydrogen-bond donors (Lipinski definition) is 1. The maximum atomic E-state index is 13.6. The number of anilines is 1. The summed E-state index contributed by atoms with van der Waals surface area (Å²) in [5.74, 6) is 2.03. The average molecular weight is 413 g/mol. The van der Waals surface area contributed by atoms with Crippen molar-refractivity contribution in [3.63, 3.8) is 0 Å². The fourth-order valence-electron chi connectivity index (χ4n) is 6.05. The van der Waals surface area contributed by atoms with Gasteiger partial charge in [0.2, 0.25) is 5.91 Å². The molecule has 1 spiro atoms. The van der Waals surface area contributed by atoms with Gasteiger partial charge in [0.05, 0.1) is 6.67 Å². The number of para-hydroxylation sites is 1. The highest BCUT2D eigenvalue weighted by atomic mass is 16.2. The molecule has 0 unspecified atom stereocenters. The van der Waals surface area contributed by atoms with Gasteiger partial charge in [-0.05, 0) is 75.5 Å². The van der Waals surface area contributed by atoms with E-state index in [0.29, 0.717) is 25.2 Å². The van der Waals surface area contributed by atoms with Crippen molar-refractivity contribution in [2.45, 2.75) is 70.4 Å². The van der Waals surface area contributed by atoms with Crippen molar-refractivity contribution < 1.29 is 4.79 Å². The number of benzene rings is 1. The quantitative estimate of drug-likeness (QED) is 0.774. The molecule has 0 atom stereocenters. The third kappa shape index (κ3) is 4.11. The van der Waals surface area contributed by atoms with Crippen LogP contribution in [0.5, 0.6) is 0 Å². The Morgan fingerprint density at radius 2 is 1.73 bits per heavy atom. The lowest BCUT2D eigenvalue weighted by Crippen LogP contribution is -2.58. The summed E-state index contributed by atoms with van der Waals surface area (Å²) in [5, 5.41) is 0. The molecule has 0 radical (unpaired) electrons. The second kappa shape index (κ2) is 9.27. The number of rotatable bonds is 6. The Bertz CT molecular complexity index is 690. The standard InChI is InChI=1S/C25H40N4O/c1-20(2)21-9-11-22(12-10-21)27-17-13-25(14-18-27)24(30)28(16-6-15-26)19-29(25)23-7-4-3-5-8-23/h3-5,7-8,20-22H,6,9-19,26H2,1-2H3/t21-,22+. The number of carbonyl (C=O) groups excluding carboxylic acids is 1. The summed E-state index contributed by atoms with van der Waals surface area (Å²) in [6, 6.07) is 11.2. The normalized spacial score (nSPS) is 27.4. The van der Waals surface area contributed by atoms with E-state index >= 15 is 0 Å². The van der Waals surface area contributed by atoms with Crippen LogP contribution in [0.15, 0.2) is 30.3 Å². The van der Waals surface area contributed by atoms with Crippen LogP contribution in [0.4, 0.5) is 5.69 Å². The summed E-state index contributed by atoms with van der Waals surface area (Å²) in [6.07, 6.45) is 8.13. The lowest BCUT2D eigenvalue weighted by molar-refractivity contribution is -0.133. The maximum Gasteiger partial charge on any atom is 0.250 e. The van der Waals surface area contributed by atoms with Crippen LogP contribution in [0.3, 0.4) is 0 Å². The molecule has 2 N–H and O–H groups in total. The largest absolute Gasteiger partial charge is 0.339 e. The molecule has 5 heteroatoms. The number of piperidine rings is 1. The first kappa shape index (κ1) is 21.6. The molecule has 2 aliphatic heterocycles. The summed E-state index contributed by atoms with van der Waals surface area (Å²) in [7, 11) is 0. The molecule has 3 aliphatic rings. The van der Waals surface area contributed by atoms with E-state index in [2.05, 4.69) is 54.0 Å². The van der Waals surface area contributed by atoms with Crippen LogP contribution < -0.4 is 10.6 Å². The monoisotopic (exact) mass is 412 g/mol. The smallest absolute Gasteiger partial charge is 0.250 e. The Labute approximate surface area is 182 Å². The van der Waals surface area contributed by atoms with E-state index in [1.807, 2.05) is 4.90 Å². The number of nitrogens with zero attached hydrogens (tertiary/aromatic N) is 3. The summed E-state index contributed by atoms with van der Waals surface area (Å²) >= 11 is 0. The molecule has 2 saturated heterocycles. The highest BCUT2D eigenvalue weighted by molar-refractivity contribution is 5.93. The molecule has 3 fully saturated rings. The molecule has 0 aromatic heterocycles. The van der Waals surface area contributed by atoms with E-state index in [1.165, 1.54) is 31.4 Å². The molecule has 1 aromatic carbocycles. The summed E-state index contributed by atoms with van der Waals surface area (Å²) in [5.41, 5.74) is 6.54. The van der Waals surface area contributed by atoms with Crippen LogP contribution in [-0.2, 0) is 4.79 Å². The van der Waals surface area contributed by atoms with Gasteiger partial charge < -0.3 is 20.4 Å². The minimum absolute atomic E-state index is 0.322. The molecule has 5 nitrogen and oxygen atoms in total. The van der Waals surface area contributed by atoms with Crippen molar-refractivity contribution in [1.82, 2.24) is 9.80 Å². The molecule has 30 heavy (non-hydrogen) atoms. The first-order valence-electron chi connectivity index (χ1n) is 12.1. The number of likely N-dealkylation sites (tertiary alicyclic amines) is 1. The van der Waals surface area contributed by atoms with Crippen molar-refractivity contribution in [2.24, 2.45) is 17.6 Å². The maximum absolute atomic E-state index is 13.6. The Morgan fingerprint density at radius 3 is 2.33 bits per heavy atom. The van der Waals surface area contributed by atoms with Crippen molar-refractivity contribution in [2.75, 3.05) is 37.7 Å². The van der Waals surface area contributed by atoms with Crippen molar-refractivity contribution >= 4 is 11.6 Å². The highest BCUT2D eigenvalue weighted by Gasteiger charge is 2.53. The zero-order valence-corrected chi connectivity index (χ0v) is 18.9. The zero-order valence-electron chi connectivity index (χ0n) is 18.9. The molecule has 1 saturated carbocycles. The first-order valence-corrected chi connectivity index (χ1v) is 12.1. The SMILES string of the molecule is CC(C)[C@H]1CC[C@@H](N2CCC3(CC2)C(=O)N(CCCN)CN3c2ccccc2)CC1. The van der Waals surface area contributed by atoms with Crippen LogP contribution in [-0.4, -0.2) is 60.1 Å². The van der Waals surface area contributed by atoms with E-state index in [9.17, 15) is 4.79 Å². The minimum atomic E-state index is -0.373. The van der Waals surface area contributed by atoms with Gasteiger partial charge in [0.25, 0.3) is 0 Å². The zero-order chi connectivity index (χ0) is 21.1. The van der Waals surface area contributed by atoms with Gasteiger partial charge >= 0.3 is 0 Å². The van der Waals surface area contributed by atoms with Gasteiger partial charge in [-0.15, -0.1) is 0 Å². The van der Waals surface area contributed by atoms with Crippen LogP contribution in [0.25, 0.3) is 0 Å². The van der Waals surface area contributed by atoms with Gasteiger partial charge in [-0.2, -0.15) is 0 Å². The second-order valence-electron chi connectivity index (χ2n) is 10.00. The average Bonchev–Trinajstić information content (AvgIpc) is 3.05. The third-order valence-electron chi connectivity index (χ3n) is 8.04. The summed E-state index contributed by atoms with van der Waals surface area (Å²) in [4.78, 5) is 20.7. The Morgan fingerprint density at radius 1 is 1.07 bits per heavy atom. The number of nitrogens with two attached hydrogens (primary N) is 1. The van der Waals surface area contributed by atoms with Gasteiger partial charge in [0.15, 0.2) is 0 Å². The number of amides is 1. The van der Waals surface area contributed by atoms with Crippen LogP contribution >= 0.6 is 0 Å². The van der Waals surface area contributed by atoms with Crippen LogP contribution in [0.1, 0.15) is 58.8 Å². The van der Waals surface area contributed by atoms with Crippen molar-refractivity contribution in [3.05, 3.63) is 30.3 Å². The topological polar surface area (TPSA) is 52.8 Å². The number of carbonyl (C=O) groups is 1. The van der Waals surface area contributed by atoms with Crippen LogP contribution in [0.2, 0.25) is 0 Å². The lowest BCUT2D eigenvalue weighted by Gasteiger charge is -2.47. The predicted octanol–water partition coefficient (Wildman–Crippen LogP) is 3.69. The first-order chi connectivity index (χ1) is 14.5. The molecule has 4 rings (SSSR count). The Hall–Kier alpha value is -1.59. The molecule has 0 bridgehead atoms. The van der Waals surface area contributed by atoms with Gasteiger partial charge in [0, 0.05) is 31.4 Å². The Balaban J connectivity index is 1.46. The molecule has 2 heterocycles. The van der Waals surface area contributed by atoms with Crippen molar-refractivity contribution in [3.8, 4) is 0 Å². The lowest BCUT2D eigenvalue weighted by atomic mass is 9.78. The molecule has 166 valence electrons. The van der Waals surface area contributed by atoms with Crippen LogP contribution in [0, 0.1) is 11.8 Å². The van der Waals surface area contributed by atoms with E-state index in [-0.39, 0.29) is 5.54 Å². The fourth-order valence-corrected chi connectivity index (χ4v) is 6.05. The van der Waals surface area contributed by atoms with Gasteiger partial charge in [0.1, 0.15) is 5.54 Å². The summed E-state index contributed by atoms with van der Waals surface area (Å²) in [6.45, 7) is 8.92. The Kier molecular flexibility index (Phi) is 6.69. The third-order valence-corrected chi connectivity index (χ3v) is 8.04. The van der Waals surface area contributed by atoms with E-state index in [4.69, 9.17) is 5.73 Å². The number of hydrogen-bond acceptors (Lipinski definition) is 4. The van der Waals surface area contributed by atoms with E-state index in [0.717, 1.165) is 50.7 Å².